The van der Waals surface area contributed by atoms with Crippen molar-refractivity contribution in [1.82, 2.24) is 4.98 Å². The molecule has 0 unspecified atom stereocenters. The van der Waals surface area contributed by atoms with E-state index in [0.29, 0.717) is 22.7 Å². The van der Waals surface area contributed by atoms with Crippen LogP contribution in [0, 0.1) is 0 Å². The Kier molecular flexibility index (Phi) is 6.11. The van der Waals surface area contributed by atoms with Crippen molar-refractivity contribution in [1.29, 1.82) is 0 Å². The molecule has 0 spiro atoms. The first-order chi connectivity index (χ1) is 13.6. The molecule has 1 heterocycles. The molecule has 0 radical (unpaired) electrons. The summed E-state index contributed by atoms with van der Waals surface area (Å²) in [5.74, 6) is 1.68. The fourth-order valence-electron chi connectivity index (χ4n) is 2.77. The van der Waals surface area contributed by atoms with Crippen molar-refractivity contribution in [3.63, 3.8) is 0 Å². The first-order valence-electron chi connectivity index (χ1n) is 8.84. The number of nitrogens with one attached hydrogen (secondary N) is 1. The average molecular weight is 377 g/mol. The molecule has 0 fully saturated rings. The van der Waals surface area contributed by atoms with Crippen LogP contribution in [-0.2, 0) is 6.54 Å². The van der Waals surface area contributed by atoms with E-state index < -0.39 is 0 Å². The van der Waals surface area contributed by atoms with Crippen LogP contribution < -0.4 is 19.7 Å². The molecule has 1 aromatic heterocycles. The third kappa shape index (κ3) is 4.79. The van der Waals surface area contributed by atoms with Crippen LogP contribution in [0.3, 0.4) is 0 Å². The smallest absolute Gasteiger partial charge is 0.255 e. The predicted molar refractivity (Wildman–Crippen MR) is 110 cm³/mol. The second kappa shape index (κ2) is 8.90. The highest BCUT2D eigenvalue weighted by atomic mass is 16.5. The average Bonchev–Trinajstić information content (AvgIpc) is 2.74. The maximum atomic E-state index is 12.5. The maximum absolute atomic E-state index is 12.5. The molecule has 3 rings (SSSR count). The maximum Gasteiger partial charge on any atom is 0.255 e. The summed E-state index contributed by atoms with van der Waals surface area (Å²) >= 11 is 0. The van der Waals surface area contributed by atoms with E-state index >= 15 is 0 Å². The number of amides is 1. The molecule has 0 saturated carbocycles. The van der Waals surface area contributed by atoms with Gasteiger partial charge in [0.1, 0.15) is 17.3 Å². The van der Waals surface area contributed by atoms with Crippen molar-refractivity contribution in [2.45, 2.75) is 6.54 Å². The van der Waals surface area contributed by atoms with Crippen LogP contribution >= 0.6 is 0 Å². The molecule has 1 N–H and O–H groups in total. The fourth-order valence-corrected chi connectivity index (χ4v) is 2.77. The van der Waals surface area contributed by atoms with Crippen LogP contribution in [0.25, 0.3) is 0 Å². The monoisotopic (exact) mass is 377 g/mol. The first-order valence-corrected chi connectivity index (χ1v) is 8.84. The number of methoxy groups -OCH3 is 2. The molecular formula is C22H23N3O3. The molecule has 0 atom stereocenters. The zero-order valence-corrected chi connectivity index (χ0v) is 16.2. The molecule has 0 bridgehead atoms. The standard InChI is InChI=1S/C22H23N3O3/c1-25(15-16-7-5-4-6-8-16)21-10-9-18(14-23-21)24-22(26)17-11-19(27-2)13-20(12-17)28-3/h4-14H,15H2,1-3H3,(H,24,26). The van der Waals surface area contributed by atoms with Gasteiger partial charge in [-0.2, -0.15) is 0 Å². The van der Waals surface area contributed by atoms with Gasteiger partial charge in [0, 0.05) is 25.2 Å². The summed E-state index contributed by atoms with van der Waals surface area (Å²) in [5, 5.41) is 2.85. The van der Waals surface area contributed by atoms with Crippen molar-refractivity contribution in [3.8, 4) is 11.5 Å². The number of anilines is 2. The summed E-state index contributed by atoms with van der Waals surface area (Å²) in [6, 6.07) is 18.9. The lowest BCUT2D eigenvalue weighted by Crippen LogP contribution is -2.18. The Morgan fingerprint density at radius 2 is 1.68 bits per heavy atom. The quantitative estimate of drug-likeness (QED) is 0.675. The van der Waals surface area contributed by atoms with E-state index in [2.05, 4.69) is 22.4 Å². The number of ether oxygens (including phenoxy) is 2. The van der Waals surface area contributed by atoms with Gasteiger partial charge in [-0.15, -0.1) is 0 Å². The van der Waals surface area contributed by atoms with Gasteiger partial charge in [-0.25, -0.2) is 4.98 Å². The zero-order chi connectivity index (χ0) is 19.9. The van der Waals surface area contributed by atoms with E-state index in [1.54, 1.807) is 38.6 Å². The van der Waals surface area contributed by atoms with Crippen LogP contribution in [0.15, 0.2) is 66.9 Å². The van der Waals surface area contributed by atoms with E-state index in [9.17, 15) is 4.79 Å². The number of hydrogen-bond acceptors (Lipinski definition) is 5. The van der Waals surface area contributed by atoms with Crippen molar-refractivity contribution in [2.24, 2.45) is 0 Å². The molecule has 0 saturated heterocycles. The third-order valence-corrected chi connectivity index (χ3v) is 4.27. The summed E-state index contributed by atoms with van der Waals surface area (Å²) in [6.45, 7) is 0.753. The van der Waals surface area contributed by atoms with E-state index in [-0.39, 0.29) is 5.91 Å². The fraction of sp³-hybridized carbons (Fsp3) is 0.182. The number of rotatable bonds is 7. The minimum Gasteiger partial charge on any atom is -0.497 e. The molecule has 6 heteroatoms. The lowest BCUT2D eigenvalue weighted by atomic mass is 10.2. The number of carbonyl (C=O) groups is 1. The number of pyridine rings is 1. The Hall–Kier alpha value is -3.54. The summed E-state index contributed by atoms with van der Waals surface area (Å²) in [7, 11) is 5.08. The Morgan fingerprint density at radius 1 is 1.00 bits per heavy atom. The first kappa shape index (κ1) is 19.2. The van der Waals surface area contributed by atoms with Crippen LogP contribution in [0.4, 0.5) is 11.5 Å². The number of aromatic nitrogens is 1. The highest BCUT2D eigenvalue weighted by molar-refractivity contribution is 6.04. The minimum absolute atomic E-state index is 0.260. The molecular weight excluding hydrogens is 354 g/mol. The van der Waals surface area contributed by atoms with Crippen molar-refractivity contribution in [2.75, 3.05) is 31.5 Å². The lowest BCUT2D eigenvalue weighted by Gasteiger charge is -2.18. The second-order valence-corrected chi connectivity index (χ2v) is 6.30. The zero-order valence-electron chi connectivity index (χ0n) is 16.2. The number of nitrogens with zero attached hydrogens (tertiary/aromatic N) is 2. The second-order valence-electron chi connectivity index (χ2n) is 6.30. The van der Waals surface area contributed by atoms with Gasteiger partial charge in [-0.05, 0) is 29.8 Å². The summed E-state index contributed by atoms with van der Waals surface area (Å²) in [4.78, 5) is 19.1. The molecule has 2 aromatic carbocycles. The highest BCUT2D eigenvalue weighted by Gasteiger charge is 2.11. The number of hydrogen-bond donors (Lipinski definition) is 1. The van der Waals surface area contributed by atoms with E-state index in [0.717, 1.165) is 12.4 Å². The normalized spacial score (nSPS) is 10.2. The van der Waals surface area contributed by atoms with Gasteiger partial charge in [0.05, 0.1) is 26.1 Å². The SMILES string of the molecule is COc1cc(OC)cc(C(=O)Nc2ccc(N(C)Cc3ccccc3)nc2)c1. The van der Waals surface area contributed by atoms with Crippen LogP contribution in [0.1, 0.15) is 15.9 Å². The molecule has 3 aromatic rings. The topological polar surface area (TPSA) is 63.7 Å². The predicted octanol–water partition coefficient (Wildman–Crippen LogP) is 3.99. The van der Waals surface area contributed by atoms with Crippen molar-refractivity contribution in [3.05, 3.63) is 78.0 Å². The van der Waals surface area contributed by atoms with Crippen LogP contribution in [-0.4, -0.2) is 32.2 Å². The van der Waals surface area contributed by atoms with E-state index in [1.807, 2.05) is 42.3 Å². The Balaban J connectivity index is 1.68. The van der Waals surface area contributed by atoms with Gasteiger partial charge >= 0.3 is 0 Å². The van der Waals surface area contributed by atoms with E-state index in [4.69, 9.17) is 9.47 Å². The van der Waals surface area contributed by atoms with Gasteiger partial charge in [0.2, 0.25) is 0 Å². The molecule has 0 aliphatic rings. The van der Waals surface area contributed by atoms with Gasteiger partial charge in [0.25, 0.3) is 5.91 Å². The Bertz CT molecular complexity index is 905. The van der Waals surface area contributed by atoms with Crippen molar-refractivity contribution < 1.29 is 14.3 Å². The minimum atomic E-state index is -0.260. The molecule has 1 amide bonds. The highest BCUT2D eigenvalue weighted by Crippen LogP contribution is 2.23. The molecule has 0 aliphatic heterocycles. The Morgan fingerprint density at radius 3 is 2.25 bits per heavy atom. The van der Waals surface area contributed by atoms with Crippen molar-refractivity contribution >= 4 is 17.4 Å². The molecule has 144 valence electrons. The number of benzene rings is 2. The summed E-state index contributed by atoms with van der Waals surface area (Å²) in [5.41, 5.74) is 2.27. The van der Waals surface area contributed by atoms with Crippen LogP contribution in [0.5, 0.6) is 11.5 Å². The summed E-state index contributed by atoms with van der Waals surface area (Å²) < 4.78 is 10.4. The lowest BCUT2D eigenvalue weighted by molar-refractivity contribution is 0.102. The third-order valence-electron chi connectivity index (χ3n) is 4.27. The van der Waals surface area contributed by atoms with Gasteiger partial charge < -0.3 is 19.7 Å². The van der Waals surface area contributed by atoms with E-state index in [1.165, 1.54) is 5.56 Å². The Labute approximate surface area is 164 Å². The van der Waals surface area contributed by atoms with Gasteiger partial charge in [-0.1, -0.05) is 30.3 Å². The van der Waals surface area contributed by atoms with Gasteiger partial charge in [-0.3, -0.25) is 4.79 Å². The molecule has 6 nitrogen and oxygen atoms in total. The summed E-state index contributed by atoms with van der Waals surface area (Å²) in [6.07, 6.45) is 1.64. The molecule has 28 heavy (non-hydrogen) atoms. The van der Waals surface area contributed by atoms with Crippen LogP contribution in [0.2, 0.25) is 0 Å². The molecule has 0 aliphatic carbocycles. The largest absolute Gasteiger partial charge is 0.497 e. The van der Waals surface area contributed by atoms with Gasteiger partial charge in [0.15, 0.2) is 0 Å². The number of carbonyl (C=O) groups excluding carboxylic acids is 1.